The van der Waals surface area contributed by atoms with Crippen LogP contribution >= 0.6 is 11.8 Å². The Balaban J connectivity index is 2.53. The van der Waals surface area contributed by atoms with Gasteiger partial charge in [-0.3, -0.25) is 9.79 Å². The fourth-order valence-electron chi connectivity index (χ4n) is 1.85. The molecule has 0 aliphatic carbocycles. The predicted molar refractivity (Wildman–Crippen MR) is 74.2 cm³/mol. The van der Waals surface area contributed by atoms with Crippen LogP contribution in [0.4, 0.5) is 0 Å². The first-order valence-corrected chi connectivity index (χ1v) is 7.07. The van der Waals surface area contributed by atoms with Gasteiger partial charge in [0.25, 0.3) is 0 Å². The van der Waals surface area contributed by atoms with Crippen LogP contribution in [0.1, 0.15) is 40.5 Å². The third kappa shape index (κ3) is 3.63. The normalized spacial score (nSPS) is 20.5. The summed E-state index contributed by atoms with van der Waals surface area (Å²) in [7, 11) is 0. The number of carbonyl (C=O) groups excluding carboxylic acids is 1. The minimum absolute atomic E-state index is 0.355. The largest absolute Gasteiger partial charge is 0.368 e. The molecular weight excluding hydrogens is 234 g/mol. The summed E-state index contributed by atoms with van der Waals surface area (Å²) in [5.74, 6) is 0.339. The van der Waals surface area contributed by atoms with Gasteiger partial charge in [-0.1, -0.05) is 38.5 Å². The van der Waals surface area contributed by atoms with E-state index in [1.165, 1.54) is 12.8 Å². The molecule has 1 aliphatic heterocycles. The van der Waals surface area contributed by atoms with E-state index in [9.17, 15) is 4.79 Å². The number of primary amides is 1. The molecule has 0 aromatic carbocycles. The highest BCUT2D eigenvalue weighted by Crippen LogP contribution is 2.30. The van der Waals surface area contributed by atoms with E-state index < -0.39 is 5.54 Å². The average Bonchev–Trinajstić information content (AvgIpc) is 2.67. The number of amidine groups is 1. The molecule has 1 atom stereocenters. The van der Waals surface area contributed by atoms with E-state index in [-0.39, 0.29) is 5.91 Å². The maximum Gasteiger partial charge on any atom is 0.242 e. The van der Waals surface area contributed by atoms with Crippen LogP contribution in [0.2, 0.25) is 0 Å². The van der Waals surface area contributed by atoms with E-state index in [0.717, 1.165) is 11.7 Å². The van der Waals surface area contributed by atoms with E-state index in [2.05, 4.69) is 24.2 Å². The maximum atomic E-state index is 11.2. The molecule has 3 N–H and O–H groups in total. The van der Waals surface area contributed by atoms with Crippen molar-refractivity contribution in [2.24, 2.45) is 16.6 Å². The van der Waals surface area contributed by atoms with E-state index in [4.69, 9.17) is 5.73 Å². The zero-order chi connectivity index (χ0) is 13.1. The molecule has 17 heavy (non-hydrogen) atoms. The molecule has 0 saturated heterocycles. The third-order valence-corrected chi connectivity index (χ3v) is 4.58. The Labute approximate surface area is 108 Å². The molecule has 1 aliphatic rings. The van der Waals surface area contributed by atoms with Crippen molar-refractivity contribution in [2.45, 2.75) is 51.3 Å². The fourth-order valence-corrected chi connectivity index (χ4v) is 3.32. The Morgan fingerprint density at radius 2 is 2.18 bits per heavy atom. The number of carbonyl (C=O) groups is 1. The van der Waals surface area contributed by atoms with Gasteiger partial charge in [0.2, 0.25) is 5.91 Å². The van der Waals surface area contributed by atoms with Gasteiger partial charge < -0.3 is 11.1 Å². The van der Waals surface area contributed by atoms with Crippen molar-refractivity contribution in [2.75, 3.05) is 6.54 Å². The highest BCUT2D eigenvalue weighted by atomic mass is 32.2. The summed E-state index contributed by atoms with van der Waals surface area (Å²) < 4.78 is 0. The van der Waals surface area contributed by atoms with Gasteiger partial charge in [-0.15, -0.1) is 0 Å². The number of hydrogen-bond acceptors (Lipinski definition) is 4. The lowest BCUT2D eigenvalue weighted by Gasteiger charge is -2.24. The highest BCUT2D eigenvalue weighted by molar-refractivity contribution is 8.14. The molecule has 0 aromatic rings. The topological polar surface area (TPSA) is 67.5 Å². The quantitative estimate of drug-likeness (QED) is 0.788. The monoisotopic (exact) mass is 257 g/mol. The number of hydrogen-bond donors (Lipinski definition) is 2. The second-order valence-electron chi connectivity index (χ2n) is 4.99. The van der Waals surface area contributed by atoms with Gasteiger partial charge in [0.1, 0.15) is 5.54 Å². The summed E-state index contributed by atoms with van der Waals surface area (Å²) in [6.45, 7) is 8.83. The number of nitrogens with one attached hydrogen (secondary N) is 1. The number of nitrogens with two attached hydrogens (primary N) is 1. The molecule has 1 amide bonds. The van der Waals surface area contributed by atoms with Crippen LogP contribution in [0, 0.1) is 5.92 Å². The fraction of sp³-hybridized carbons (Fsp3) is 0.833. The van der Waals surface area contributed by atoms with Crippen molar-refractivity contribution in [3.8, 4) is 0 Å². The molecule has 5 heteroatoms. The van der Waals surface area contributed by atoms with Crippen molar-refractivity contribution in [3.63, 3.8) is 0 Å². The molecule has 0 saturated carbocycles. The molecule has 4 nitrogen and oxygen atoms in total. The van der Waals surface area contributed by atoms with Crippen LogP contribution in [0.5, 0.6) is 0 Å². The van der Waals surface area contributed by atoms with Gasteiger partial charge in [-0.25, -0.2) is 0 Å². The molecule has 1 rings (SSSR count). The Kier molecular flexibility index (Phi) is 4.86. The van der Waals surface area contributed by atoms with Crippen LogP contribution in [0.3, 0.4) is 0 Å². The molecule has 0 aromatic heterocycles. The zero-order valence-corrected chi connectivity index (χ0v) is 11.9. The van der Waals surface area contributed by atoms with E-state index in [0.29, 0.717) is 11.2 Å². The third-order valence-electron chi connectivity index (χ3n) is 3.29. The van der Waals surface area contributed by atoms with Crippen molar-refractivity contribution < 1.29 is 4.79 Å². The molecule has 0 fully saturated rings. The second kappa shape index (κ2) is 5.76. The standard InChI is InChI=1S/C12H23N3OS/c1-5-8(6-2)9-7-14-11(17-9)15-12(3,4)10(13)16/h8-9H,5-7H2,1-4H3,(H2,13,16)(H,14,15). The minimum atomic E-state index is -0.728. The van der Waals surface area contributed by atoms with Gasteiger partial charge in [-0.05, 0) is 19.8 Å². The molecule has 1 heterocycles. The van der Waals surface area contributed by atoms with Gasteiger partial charge in [-0.2, -0.15) is 0 Å². The number of amides is 1. The summed E-state index contributed by atoms with van der Waals surface area (Å²) in [6, 6.07) is 0. The second-order valence-corrected chi connectivity index (χ2v) is 6.22. The van der Waals surface area contributed by atoms with Gasteiger partial charge in [0.05, 0.1) is 6.54 Å². The van der Waals surface area contributed by atoms with Crippen molar-refractivity contribution in [1.82, 2.24) is 5.32 Å². The number of thioether (sulfide) groups is 1. The van der Waals surface area contributed by atoms with Crippen molar-refractivity contribution in [3.05, 3.63) is 0 Å². The number of nitrogens with zero attached hydrogens (tertiary/aromatic N) is 1. The SMILES string of the molecule is CCC(CC)C1CN=C(NC(C)(C)C(N)=O)S1. The van der Waals surface area contributed by atoms with Crippen LogP contribution in [-0.2, 0) is 4.79 Å². The Morgan fingerprint density at radius 1 is 1.59 bits per heavy atom. The van der Waals surface area contributed by atoms with E-state index in [1.54, 1.807) is 25.6 Å². The highest BCUT2D eigenvalue weighted by Gasteiger charge is 2.31. The van der Waals surface area contributed by atoms with Gasteiger partial charge in [0, 0.05) is 5.25 Å². The molecule has 1 unspecified atom stereocenters. The Morgan fingerprint density at radius 3 is 2.65 bits per heavy atom. The molecule has 98 valence electrons. The predicted octanol–water partition coefficient (Wildman–Crippen LogP) is 1.75. The number of rotatable bonds is 5. The minimum Gasteiger partial charge on any atom is -0.368 e. The van der Waals surface area contributed by atoms with Crippen LogP contribution in [0.15, 0.2) is 4.99 Å². The number of aliphatic imine (C=N–C) groups is 1. The first-order chi connectivity index (χ1) is 7.90. The van der Waals surface area contributed by atoms with Crippen LogP contribution in [-0.4, -0.2) is 28.4 Å². The average molecular weight is 257 g/mol. The lowest BCUT2D eigenvalue weighted by atomic mass is 9.99. The Hall–Kier alpha value is -0.710. The maximum absolute atomic E-state index is 11.2. The first-order valence-electron chi connectivity index (χ1n) is 6.19. The van der Waals surface area contributed by atoms with Crippen LogP contribution < -0.4 is 11.1 Å². The lowest BCUT2D eigenvalue weighted by Crippen LogP contribution is -2.52. The first kappa shape index (κ1) is 14.4. The van der Waals surface area contributed by atoms with E-state index >= 15 is 0 Å². The summed E-state index contributed by atoms with van der Waals surface area (Å²) in [6.07, 6.45) is 2.35. The van der Waals surface area contributed by atoms with Crippen LogP contribution in [0.25, 0.3) is 0 Å². The lowest BCUT2D eigenvalue weighted by molar-refractivity contribution is -0.122. The zero-order valence-electron chi connectivity index (χ0n) is 11.1. The summed E-state index contributed by atoms with van der Waals surface area (Å²) >= 11 is 1.74. The Bertz CT molecular complexity index is 311. The van der Waals surface area contributed by atoms with Gasteiger partial charge in [0.15, 0.2) is 5.17 Å². The summed E-state index contributed by atoms with van der Waals surface area (Å²) in [4.78, 5) is 15.7. The van der Waals surface area contributed by atoms with Gasteiger partial charge >= 0.3 is 0 Å². The van der Waals surface area contributed by atoms with Crippen molar-refractivity contribution in [1.29, 1.82) is 0 Å². The molecule has 0 radical (unpaired) electrons. The summed E-state index contributed by atoms with van der Waals surface area (Å²) in [5, 5.41) is 4.52. The smallest absolute Gasteiger partial charge is 0.242 e. The molecule has 0 bridgehead atoms. The van der Waals surface area contributed by atoms with E-state index in [1.807, 2.05) is 0 Å². The molecule has 0 spiro atoms. The summed E-state index contributed by atoms with van der Waals surface area (Å²) in [5.41, 5.74) is 4.60. The van der Waals surface area contributed by atoms with Crippen molar-refractivity contribution >= 4 is 22.8 Å². The molecular formula is C12H23N3OS.